The van der Waals surface area contributed by atoms with E-state index in [2.05, 4.69) is 34.7 Å². The highest BCUT2D eigenvalue weighted by Gasteiger charge is 2.16. The van der Waals surface area contributed by atoms with Crippen LogP contribution in [0.2, 0.25) is 0 Å². The Labute approximate surface area is 109 Å². The highest BCUT2D eigenvalue weighted by molar-refractivity contribution is 9.09. The van der Waals surface area contributed by atoms with Gasteiger partial charge in [0.1, 0.15) is 0 Å². The van der Waals surface area contributed by atoms with E-state index in [0.717, 1.165) is 38.2 Å². The van der Waals surface area contributed by atoms with Crippen LogP contribution in [0, 0.1) is 11.8 Å². The Morgan fingerprint density at radius 1 is 1.06 bits per heavy atom. The van der Waals surface area contributed by atoms with Crippen LogP contribution in [-0.2, 0) is 9.47 Å². The Bertz CT molecular complexity index is 148. The summed E-state index contributed by atoms with van der Waals surface area (Å²) in [5.41, 5.74) is 0. The molecule has 0 rings (SSSR count). The second-order valence-electron chi connectivity index (χ2n) is 4.44. The normalized spacial score (nSPS) is 13.7. The molecule has 0 bridgehead atoms. The molecule has 0 aromatic heterocycles. The third kappa shape index (κ3) is 7.60. The summed E-state index contributed by atoms with van der Waals surface area (Å²) >= 11 is 3.59. The van der Waals surface area contributed by atoms with Crippen molar-refractivity contribution >= 4 is 15.9 Å². The molecule has 16 heavy (non-hydrogen) atoms. The summed E-state index contributed by atoms with van der Waals surface area (Å²) in [5.74, 6) is 1.39. The lowest BCUT2D eigenvalue weighted by Gasteiger charge is -2.28. The molecule has 3 nitrogen and oxygen atoms in total. The van der Waals surface area contributed by atoms with Crippen molar-refractivity contribution in [2.24, 2.45) is 11.8 Å². The lowest BCUT2D eigenvalue weighted by atomic mass is 9.97. The van der Waals surface area contributed by atoms with Gasteiger partial charge in [-0.15, -0.1) is 0 Å². The molecule has 1 atom stereocenters. The lowest BCUT2D eigenvalue weighted by molar-refractivity contribution is 0.101. The summed E-state index contributed by atoms with van der Waals surface area (Å²) in [7, 11) is 3.50. The summed E-state index contributed by atoms with van der Waals surface area (Å²) in [5, 5.41) is 1.06. The average Bonchev–Trinajstić information content (AvgIpc) is 2.27. The Morgan fingerprint density at radius 2 is 1.56 bits per heavy atom. The van der Waals surface area contributed by atoms with Gasteiger partial charge in [-0.3, -0.25) is 4.90 Å². The van der Waals surface area contributed by atoms with E-state index >= 15 is 0 Å². The van der Waals surface area contributed by atoms with Crippen molar-refractivity contribution in [3.63, 3.8) is 0 Å². The van der Waals surface area contributed by atoms with Gasteiger partial charge in [0.2, 0.25) is 0 Å². The minimum absolute atomic E-state index is 0.689. The predicted molar refractivity (Wildman–Crippen MR) is 72.3 cm³/mol. The van der Waals surface area contributed by atoms with Crippen molar-refractivity contribution in [3.05, 3.63) is 0 Å². The Balaban J connectivity index is 4.04. The molecular formula is C12H26BrNO2. The van der Waals surface area contributed by atoms with Gasteiger partial charge in [-0.1, -0.05) is 29.8 Å². The van der Waals surface area contributed by atoms with Crippen LogP contribution in [0.4, 0.5) is 0 Å². The van der Waals surface area contributed by atoms with Gasteiger partial charge >= 0.3 is 0 Å². The number of halogens is 1. The average molecular weight is 296 g/mol. The van der Waals surface area contributed by atoms with E-state index in [-0.39, 0.29) is 0 Å². The third-order valence-electron chi connectivity index (χ3n) is 2.86. The van der Waals surface area contributed by atoms with Crippen LogP contribution >= 0.6 is 15.9 Å². The summed E-state index contributed by atoms with van der Waals surface area (Å²) in [4.78, 5) is 2.42. The van der Waals surface area contributed by atoms with Gasteiger partial charge in [0.05, 0.1) is 13.2 Å². The first-order chi connectivity index (χ1) is 7.65. The molecule has 0 aliphatic carbocycles. The molecule has 0 saturated carbocycles. The predicted octanol–water partition coefficient (Wildman–Crippen LogP) is 2.25. The van der Waals surface area contributed by atoms with Gasteiger partial charge in [0, 0.05) is 39.2 Å². The highest BCUT2D eigenvalue weighted by atomic mass is 79.9. The van der Waals surface area contributed by atoms with Gasteiger partial charge in [0.15, 0.2) is 0 Å². The van der Waals surface area contributed by atoms with Crippen molar-refractivity contribution in [1.29, 1.82) is 0 Å². The Hall–Kier alpha value is 0.360. The van der Waals surface area contributed by atoms with E-state index in [4.69, 9.17) is 9.47 Å². The molecule has 0 aliphatic rings. The minimum Gasteiger partial charge on any atom is -0.383 e. The molecule has 4 heteroatoms. The van der Waals surface area contributed by atoms with Crippen LogP contribution in [0.25, 0.3) is 0 Å². The Morgan fingerprint density at radius 3 is 1.88 bits per heavy atom. The van der Waals surface area contributed by atoms with Gasteiger partial charge in [-0.05, 0) is 11.8 Å². The monoisotopic (exact) mass is 295 g/mol. The van der Waals surface area contributed by atoms with Crippen LogP contribution in [0.5, 0.6) is 0 Å². The van der Waals surface area contributed by atoms with Crippen LogP contribution in [0.15, 0.2) is 0 Å². The molecule has 98 valence electrons. The second-order valence-corrected chi connectivity index (χ2v) is 5.09. The van der Waals surface area contributed by atoms with Crippen LogP contribution < -0.4 is 0 Å². The number of hydrogen-bond donors (Lipinski definition) is 0. The zero-order valence-corrected chi connectivity index (χ0v) is 12.6. The highest BCUT2D eigenvalue weighted by Crippen LogP contribution is 2.15. The van der Waals surface area contributed by atoms with E-state index in [1.165, 1.54) is 0 Å². The summed E-state index contributed by atoms with van der Waals surface area (Å²) in [6, 6.07) is 0. The van der Waals surface area contributed by atoms with E-state index in [1.807, 2.05) is 0 Å². The molecule has 0 aromatic rings. The fraction of sp³-hybridized carbons (Fsp3) is 1.00. The maximum absolute atomic E-state index is 5.13. The van der Waals surface area contributed by atoms with Crippen molar-refractivity contribution in [2.45, 2.75) is 13.8 Å². The molecule has 0 fully saturated rings. The van der Waals surface area contributed by atoms with Crippen molar-refractivity contribution in [1.82, 2.24) is 4.90 Å². The molecule has 0 amide bonds. The number of rotatable bonds is 10. The van der Waals surface area contributed by atoms with Gasteiger partial charge < -0.3 is 9.47 Å². The molecule has 0 spiro atoms. The fourth-order valence-corrected chi connectivity index (χ4v) is 2.46. The second kappa shape index (κ2) is 10.5. The van der Waals surface area contributed by atoms with Crippen molar-refractivity contribution in [2.75, 3.05) is 52.4 Å². The minimum atomic E-state index is 0.689. The molecule has 0 radical (unpaired) electrons. The van der Waals surface area contributed by atoms with Gasteiger partial charge in [-0.25, -0.2) is 0 Å². The number of alkyl halides is 1. The molecule has 0 N–H and O–H groups in total. The van der Waals surface area contributed by atoms with Crippen LogP contribution in [0.3, 0.4) is 0 Å². The molecule has 1 unspecified atom stereocenters. The Kier molecular flexibility index (Phi) is 10.7. The largest absolute Gasteiger partial charge is 0.383 e. The fourth-order valence-electron chi connectivity index (χ4n) is 1.50. The molecule has 0 saturated heterocycles. The van der Waals surface area contributed by atoms with Crippen molar-refractivity contribution < 1.29 is 9.47 Å². The van der Waals surface area contributed by atoms with E-state index < -0.39 is 0 Å². The van der Waals surface area contributed by atoms with Crippen LogP contribution in [0.1, 0.15) is 13.8 Å². The summed E-state index contributed by atoms with van der Waals surface area (Å²) in [6.07, 6.45) is 0. The molecule has 0 aliphatic heterocycles. The summed E-state index contributed by atoms with van der Waals surface area (Å²) < 4.78 is 10.3. The van der Waals surface area contributed by atoms with Crippen molar-refractivity contribution in [3.8, 4) is 0 Å². The number of hydrogen-bond acceptors (Lipinski definition) is 3. The molecular weight excluding hydrogens is 270 g/mol. The standard InChI is InChI=1S/C12H26BrNO2/c1-11(2)12(9-13)10-14(5-7-15-3)6-8-16-4/h11-12H,5-10H2,1-4H3. The topological polar surface area (TPSA) is 21.7 Å². The molecule has 0 aromatic carbocycles. The zero-order chi connectivity index (χ0) is 12.4. The van der Waals surface area contributed by atoms with Crippen LogP contribution in [-0.4, -0.2) is 57.3 Å². The van der Waals surface area contributed by atoms with Gasteiger partial charge in [0.25, 0.3) is 0 Å². The SMILES string of the molecule is COCCN(CCOC)CC(CBr)C(C)C. The first kappa shape index (κ1) is 16.4. The van der Waals surface area contributed by atoms with E-state index in [9.17, 15) is 0 Å². The lowest BCUT2D eigenvalue weighted by Crippen LogP contribution is -2.37. The van der Waals surface area contributed by atoms with Gasteiger partial charge in [-0.2, -0.15) is 0 Å². The smallest absolute Gasteiger partial charge is 0.0589 e. The van der Waals surface area contributed by atoms with E-state index in [0.29, 0.717) is 11.8 Å². The number of ether oxygens (including phenoxy) is 2. The number of nitrogens with zero attached hydrogens (tertiary/aromatic N) is 1. The third-order valence-corrected chi connectivity index (χ3v) is 3.69. The summed E-state index contributed by atoms with van der Waals surface area (Å²) in [6.45, 7) is 9.20. The quantitative estimate of drug-likeness (QED) is 0.577. The van der Waals surface area contributed by atoms with E-state index in [1.54, 1.807) is 14.2 Å². The molecule has 0 heterocycles. The maximum atomic E-state index is 5.13. The zero-order valence-electron chi connectivity index (χ0n) is 11.0. The first-order valence-corrected chi connectivity index (χ1v) is 7.04. The first-order valence-electron chi connectivity index (χ1n) is 5.91. The number of methoxy groups -OCH3 is 2. The maximum Gasteiger partial charge on any atom is 0.0589 e.